The molecule has 2 heterocycles. The van der Waals surface area contributed by atoms with Gasteiger partial charge in [-0.05, 0) is 12.8 Å². The zero-order valence-corrected chi connectivity index (χ0v) is 9.98. The minimum atomic E-state index is -0.783. The highest BCUT2D eigenvalue weighted by Crippen LogP contribution is 2.25. The van der Waals surface area contributed by atoms with Crippen LogP contribution in [0.1, 0.15) is 37.2 Å². The molecule has 1 atom stereocenters. The molecule has 5 nitrogen and oxygen atoms in total. The van der Waals surface area contributed by atoms with E-state index in [1.165, 1.54) is 0 Å². The van der Waals surface area contributed by atoms with Crippen molar-refractivity contribution in [2.75, 3.05) is 13.2 Å². The fourth-order valence-corrected chi connectivity index (χ4v) is 2.08. The number of carboxylic acids is 1. The van der Waals surface area contributed by atoms with Gasteiger partial charge in [0.05, 0.1) is 5.92 Å². The molecule has 94 valence electrons. The molecule has 0 saturated carbocycles. The zero-order chi connectivity index (χ0) is 12.3. The largest absolute Gasteiger partial charge is 0.481 e. The van der Waals surface area contributed by atoms with Gasteiger partial charge in [-0.2, -0.15) is 0 Å². The second kappa shape index (κ2) is 5.31. The Morgan fingerprint density at radius 3 is 3.00 bits per heavy atom. The Morgan fingerprint density at radius 2 is 2.35 bits per heavy atom. The molecule has 2 rings (SSSR count). The molecule has 1 fully saturated rings. The van der Waals surface area contributed by atoms with Crippen LogP contribution in [0, 0.1) is 5.92 Å². The van der Waals surface area contributed by atoms with Crippen molar-refractivity contribution in [1.82, 2.24) is 9.97 Å². The first kappa shape index (κ1) is 12.1. The number of aromatic amines is 1. The van der Waals surface area contributed by atoms with Gasteiger partial charge in [-0.3, -0.25) is 4.79 Å². The third-order valence-corrected chi connectivity index (χ3v) is 3.23. The van der Waals surface area contributed by atoms with Crippen molar-refractivity contribution in [1.29, 1.82) is 0 Å². The molecule has 1 aliphatic heterocycles. The van der Waals surface area contributed by atoms with E-state index in [-0.39, 0.29) is 0 Å². The summed E-state index contributed by atoms with van der Waals surface area (Å²) in [6.45, 7) is 3.29. The molecule has 0 amide bonds. The number of hydrogen-bond donors (Lipinski definition) is 2. The molecule has 0 aromatic carbocycles. The maximum atomic E-state index is 10.8. The Hall–Kier alpha value is -1.36. The van der Waals surface area contributed by atoms with E-state index in [1.54, 1.807) is 6.92 Å². The van der Waals surface area contributed by atoms with E-state index in [9.17, 15) is 4.79 Å². The summed E-state index contributed by atoms with van der Waals surface area (Å²) in [4.78, 5) is 18.2. The van der Waals surface area contributed by atoms with E-state index in [2.05, 4.69) is 9.97 Å². The summed E-state index contributed by atoms with van der Waals surface area (Å²) >= 11 is 0. The molecule has 1 saturated heterocycles. The molecular weight excluding hydrogens is 220 g/mol. The van der Waals surface area contributed by atoms with E-state index in [0.717, 1.165) is 37.6 Å². The van der Waals surface area contributed by atoms with Gasteiger partial charge >= 0.3 is 5.97 Å². The van der Waals surface area contributed by atoms with Gasteiger partial charge in [-0.1, -0.05) is 6.92 Å². The number of nitrogens with zero attached hydrogens (tertiary/aromatic N) is 1. The van der Waals surface area contributed by atoms with Crippen LogP contribution in [-0.4, -0.2) is 34.3 Å². The highest BCUT2D eigenvalue weighted by molar-refractivity contribution is 5.69. The summed E-state index contributed by atoms with van der Waals surface area (Å²) in [7, 11) is 0. The number of imidazole rings is 1. The van der Waals surface area contributed by atoms with Gasteiger partial charge in [0.25, 0.3) is 0 Å². The zero-order valence-electron chi connectivity index (χ0n) is 9.98. The molecule has 1 unspecified atom stereocenters. The van der Waals surface area contributed by atoms with Crippen molar-refractivity contribution in [3.63, 3.8) is 0 Å². The first-order valence-electron chi connectivity index (χ1n) is 6.01. The molecular formula is C12H18N2O3. The fourth-order valence-electron chi connectivity index (χ4n) is 2.08. The summed E-state index contributed by atoms with van der Waals surface area (Å²) in [5.41, 5.74) is 1.11. The van der Waals surface area contributed by atoms with E-state index in [1.807, 2.05) is 6.20 Å². The molecule has 0 spiro atoms. The van der Waals surface area contributed by atoms with Crippen LogP contribution in [0.2, 0.25) is 0 Å². The van der Waals surface area contributed by atoms with Crippen LogP contribution < -0.4 is 0 Å². The summed E-state index contributed by atoms with van der Waals surface area (Å²) in [5, 5.41) is 8.84. The Morgan fingerprint density at radius 1 is 1.65 bits per heavy atom. The van der Waals surface area contributed by atoms with E-state index in [0.29, 0.717) is 12.3 Å². The van der Waals surface area contributed by atoms with Crippen molar-refractivity contribution in [3.05, 3.63) is 17.7 Å². The average molecular weight is 238 g/mol. The van der Waals surface area contributed by atoms with Crippen LogP contribution in [0.25, 0.3) is 0 Å². The van der Waals surface area contributed by atoms with Crippen molar-refractivity contribution < 1.29 is 14.6 Å². The quantitative estimate of drug-likeness (QED) is 0.834. The highest BCUT2D eigenvalue weighted by atomic mass is 16.5. The Kier molecular flexibility index (Phi) is 3.78. The van der Waals surface area contributed by atoms with Crippen LogP contribution in [0.4, 0.5) is 0 Å². The number of aromatic nitrogens is 2. The van der Waals surface area contributed by atoms with Gasteiger partial charge in [0, 0.05) is 37.4 Å². The van der Waals surface area contributed by atoms with E-state index < -0.39 is 11.9 Å². The topological polar surface area (TPSA) is 75.2 Å². The van der Waals surface area contributed by atoms with Gasteiger partial charge in [-0.25, -0.2) is 4.98 Å². The van der Waals surface area contributed by atoms with Crippen LogP contribution in [0.3, 0.4) is 0 Å². The van der Waals surface area contributed by atoms with E-state index >= 15 is 0 Å². The first-order valence-corrected chi connectivity index (χ1v) is 6.01. The number of hydrogen-bond acceptors (Lipinski definition) is 3. The lowest BCUT2D eigenvalue weighted by Gasteiger charge is -2.20. The fraction of sp³-hybridized carbons (Fsp3) is 0.667. The Balaban J connectivity index is 1.97. The normalized spacial score (nSPS) is 19.1. The van der Waals surface area contributed by atoms with Crippen LogP contribution in [0.5, 0.6) is 0 Å². The van der Waals surface area contributed by atoms with Crippen molar-refractivity contribution >= 4 is 5.97 Å². The van der Waals surface area contributed by atoms with E-state index in [4.69, 9.17) is 9.84 Å². The van der Waals surface area contributed by atoms with Crippen molar-refractivity contribution in [3.8, 4) is 0 Å². The minimum Gasteiger partial charge on any atom is -0.481 e. The molecule has 5 heteroatoms. The van der Waals surface area contributed by atoms with Gasteiger partial charge < -0.3 is 14.8 Å². The second-order valence-corrected chi connectivity index (χ2v) is 4.62. The van der Waals surface area contributed by atoms with Crippen molar-refractivity contribution in [2.24, 2.45) is 5.92 Å². The van der Waals surface area contributed by atoms with Gasteiger partial charge in [-0.15, -0.1) is 0 Å². The average Bonchev–Trinajstić information content (AvgIpc) is 2.78. The van der Waals surface area contributed by atoms with Gasteiger partial charge in [0.1, 0.15) is 5.82 Å². The maximum Gasteiger partial charge on any atom is 0.306 e. The Labute approximate surface area is 100 Å². The summed E-state index contributed by atoms with van der Waals surface area (Å²) in [6, 6.07) is 0. The molecule has 0 radical (unpaired) electrons. The molecule has 2 N–H and O–H groups in total. The second-order valence-electron chi connectivity index (χ2n) is 4.62. The third-order valence-electron chi connectivity index (χ3n) is 3.23. The summed E-state index contributed by atoms with van der Waals surface area (Å²) in [6.07, 6.45) is 4.31. The van der Waals surface area contributed by atoms with Crippen molar-refractivity contribution in [2.45, 2.75) is 32.1 Å². The highest BCUT2D eigenvalue weighted by Gasteiger charge is 2.19. The predicted molar refractivity (Wildman–Crippen MR) is 61.9 cm³/mol. The number of nitrogens with one attached hydrogen (secondary N) is 1. The predicted octanol–water partition coefficient (Wildman–Crippen LogP) is 1.57. The molecule has 1 aromatic heterocycles. The maximum absolute atomic E-state index is 10.8. The standard InChI is InChI=1S/C12H18N2O3/c1-8(12(15)16)6-11-13-7-10(14-11)9-2-4-17-5-3-9/h7-9H,2-6H2,1H3,(H,13,14)(H,15,16). The SMILES string of the molecule is CC(Cc1ncc(C2CCOCC2)[nH]1)C(=O)O. The van der Waals surface area contributed by atoms with Crippen LogP contribution in [0.15, 0.2) is 6.20 Å². The Bertz CT molecular complexity index is 383. The number of H-pyrrole nitrogens is 1. The summed E-state index contributed by atoms with van der Waals surface area (Å²) in [5.74, 6) is 0.0595. The first-order chi connectivity index (χ1) is 8.16. The number of ether oxygens (including phenoxy) is 1. The third kappa shape index (κ3) is 3.06. The molecule has 0 aliphatic carbocycles. The lowest BCUT2D eigenvalue weighted by Crippen LogP contribution is -2.15. The lowest BCUT2D eigenvalue weighted by atomic mass is 9.97. The molecule has 17 heavy (non-hydrogen) atoms. The monoisotopic (exact) mass is 238 g/mol. The minimum absolute atomic E-state index is 0.399. The number of rotatable bonds is 4. The van der Waals surface area contributed by atoms with Crippen LogP contribution in [-0.2, 0) is 16.0 Å². The number of aliphatic carboxylic acids is 1. The van der Waals surface area contributed by atoms with Crippen LogP contribution >= 0.6 is 0 Å². The molecule has 1 aliphatic rings. The summed E-state index contributed by atoms with van der Waals surface area (Å²) < 4.78 is 5.31. The number of carbonyl (C=O) groups is 1. The molecule has 0 bridgehead atoms. The lowest BCUT2D eigenvalue weighted by molar-refractivity contribution is -0.141. The van der Waals surface area contributed by atoms with Gasteiger partial charge in [0.15, 0.2) is 0 Å². The smallest absolute Gasteiger partial charge is 0.306 e. The number of carboxylic acid groups (broad SMARTS) is 1. The van der Waals surface area contributed by atoms with Gasteiger partial charge in [0.2, 0.25) is 0 Å². The molecule has 1 aromatic rings.